The number of carboxylic acid groups (broad SMARTS) is 2. The maximum absolute atomic E-state index is 10.6. The van der Waals surface area contributed by atoms with Gasteiger partial charge in [0, 0.05) is 0 Å². The number of carboxylic acids is 2. The van der Waals surface area contributed by atoms with Gasteiger partial charge in [0.15, 0.2) is 0 Å². The Hall–Kier alpha value is -2.10. The molecule has 0 radical (unpaired) electrons. The van der Waals surface area contributed by atoms with Crippen LogP contribution >= 0.6 is 0 Å². The number of allylic oxidation sites excluding steroid dienone is 1. The molecular weight excluding hydrogens is 304 g/mol. The zero-order chi connectivity index (χ0) is 17.7. The van der Waals surface area contributed by atoms with Crippen molar-refractivity contribution in [2.24, 2.45) is 11.8 Å². The molecule has 0 saturated heterocycles. The molecular formula is C20H26O4. The van der Waals surface area contributed by atoms with E-state index in [2.05, 4.69) is 6.58 Å². The lowest BCUT2D eigenvalue weighted by Crippen LogP contribution is -2.24. The van der Waals surface area contributed by atoms with Gasteiger partial charge in [-0.15, -0.1) is 0 Å². The van der Waals surface area contributed by atoms with Gasteiger partial charge >= 0.3 is 11.9 Å². The molecule has 4 nitrogen and oxygen atoms in total. The Morgan fingerprint density at radius 2 is 1.54 bits per heavy atom. The molecule has 0 spiro atoms. The summed E-state index contributed by atoms with van der Waals surface area (Å²) in [4.78, 5) is 21.2. The number of carbonyl (C=O) groups is 2. The predicted molar refractivity (Wildman–Crippen MR) is 93.5 cm³/mol. The van der Waals surface area contributed by atoms with Gasteiger partial charge in [-0.25, -0.2) is 9.59 Å². The highest BCUT2D eigenvalue weighted by atomic mass is 16.4. The minimum Gasteiger partial charge on any atom is -0.478 e. The van der Waals surface area contributed by atoms with Gasteiger partial charge in [-0.05, 0) is 68.6 Å². The highest BCUT2D eigenvalue weighted by Gasteiger charge is 2.29. The van der Waals surface area contributed by atoms with Crippen molar-refractivity contribution < 1.29 is 19.8 Å². The van der Waals surface area contributed by atoms with E-state index in [4.69, 9.17) is 10.2 Å². The molecule has 0 bridgehead atoms. The van der Waals surface area contributed by atoms with E-state index in [-0.39, 0.29) is 16.7 Å². The fourth-order valence-corrected chi connectivity index (χ4v) is 3.97. The van der Waals surface area contributed by atoms with E-state index < -0.39 is 11.9 Å². The molecule has 130 valence electrons. The van der Waals surface area contributed by atoms with Gasteiger partial charge in [0.05, 0.1) is 11.1 Å². The van der Waals surface area contributed by atoms with Crippen LogP contribution in [-0.2, 0) is 0 Å². The van der Waals surface area contributed by atoms with Crippen molar-refractivity contribution in [1.29, 1.82) is 0 Å². The van der Waals surface area contributed by atoms with Crippen LogP contribution in [0.3, 0.4) is 0 Å². The second kappa shape index (κ2) is 8.13. The second-order valence-corrected chi connectivity index (χ2v) is 6.79. The summed E-state index contributed by atoms with van der Waals surface area (Å²) in [6.07, 6.45) is 10.1. The van der Waals surface area contributed by atoms with Crippen LogP contribution in [-0.4, -0.2) is 22.2 Å². The van der Waals surface area contributed by atoms with E-state index >= 15 is 0 Å². The Morgan fingerprint density at radius 1 is 1.00 bits per heavy atom. The number of benzene rings is 1. The van der Waals surface area contributed by atoms with Crippen LogP contribution in [0.15, 0.2) is 30.4 Å². The van der Waals surface area contributed by atoms with Gasteiger partial charge < -0.3 is 10.2 Å². The monoisotopic (exact) mass is 330 g/mol. The van der Waals surface area contributed by atoms with Gasteiger partial charge in [-0.1, -0.05) is 31.1 Å². The summed E-state index contributed by atoms with van der Waals surface area (Å²) in [6.45, 7) is 5.68. The Bertz CT molecular complexity index is 598. The first-order valence-corrected chi connectivity index (χ1v) is 8.65. The molecule has 0 heterocycles. The first kappa shape index (κ1) is 18.2. The average molecular weight is 330 g/mol. The molecule has 2 fully saturated rings. The normalized spacial score (nSPS) is 22.8. The molecule has 2 atom stereocenters. The lowest BCUT2D eigenvalue weighted by atomic mass is 9.69. The van der Waals surface area contributed by atoms with Gasteiger partial charge in [0.1, 0.15) is 0 Å². The molecule has 4 heteroatoms. The third kappa shape index (κ3) is 4.25. The summed E-state index contributed by atoms with van der Waals surface area (Å²) in [5.41, 5.74) is 1.91. The fourth-order valence-electron chi connectivity index (χ4n) is 3.97. The quantitative estimate of drug-likeness (QED) is 0.754. The number of aromatic carboxylic acids is 2. The Balaban J connectivity index is 0.000000175. The lowest BCUT2D eigenvalue weighted by Gasteiger charge is -2.37. The van der Waals surface area contributed by atoms with E-state index in [9.17, 15) is 9.59 Å². The molecule has 2 unspecified atom stereocenters. The maximum atomic E-state index is 10.6. The third-order valence-electron chi connectivity index (χ3n) is 5.30. The van der Waals surface area contributed by atoms with E-state index in [1.54, 1.807) is 5.57 Å². The summed E-state index contributed by atoms with van der Waals surface area (Å²) in [5, 5.41) is 17.4. The number of hydrogen-bond donors (Lipinski definition) is 2. The molecule has 2 aliphatic rings. The topological polar surface area (TPSA) is 74.6 Å². The van der Waals surface area contributed by atoms with Gasteiger partial charge in [-0.2, -0.15) is 0 Å². The molecule has 1 aromatic rings. The molecule has 24 heavy (non-hydrogen) atoms. The van der Waals surface area contributed by atoms with Crippen LogP contribution in [0.5, 0.6) is 0 Å². The standard InChI is InChI=1S/C11H18.C9H8O4/c1-9-5-4-7-10-6-2-3-8-11(9)10;1-5-6(8(10)11)3-2-4-7(5)9(12)13/h10-11H,1-8H2;2-4H,1H3,(H,10,11)(H,12,13). The molecule has 2 aliphatic carbocycles. The van der Waals surface area contributed by atoms with Crippen LogP contribution in [0.2, 0.25) is 0 Å². The minimum atomic E-state index is -1.11. The largest absolute Gasteiger partial charge is 0.478 e. The van der Waals surface area contributed by atoms with Crippen molar-refractivity contribution in [1.82, 2.24) is 0 Å². The summed E-state index contributed by atoms with van der Waals surface area (Å²) >= 11 is 0. The van der Waals surface area contributed by atoms with Crippen LogP contribution < -0.4 is 0 Å². The third-order valence-corrected chi connectivity index (χ3v) is 5.30. The van der Waals surface area contributed by atoms with Crippen molar-refractivity contribution in [2.45, 2.75) is 51.9 Å². The Morgan fingerprint density at radius 3 is 2.08 bits per heavy atom. The summed E-state index contributed by atoms with van der Waals surface area (Å²) in [6, 6.07) is 4.17. The Labute approximate surface area is 143 Å². The smallest absolute Gasteiger partial charge is 0.335 e. The van der Waals surface area contributed by atoms with Crippen molar-refractivity contribution in [3.8, 4) is 0 Å². The highest BCUT2D eigenvalue weighted by molar-refractivity contribution is 5.96. The first-order valence-electron chi connectivity index (χ1n) is 8.65. The number of rotatable bonds is 2. The van der Waals surface area contributed by atoms with Crippen LogP contribution in [0.1, 0.15) is 71.2 Å². The molecule has 0 aliphatic heterocycles. The molecule has 1 aromatic carbocycles. The molecule has 0 aromatic heterocycles. The van der Waals surface area contributed by atoms with Gasteiger partial charge in [0.2, 0.25) is 0 Å². The van der Waals surface area contributed by atoms with Gasteiger partial charge in [-0.3, -0.25) is 0 Å². The van der Waals surface area contributed by atoms with Crippen LogP contribution in [0.4, 0.5) is 0 Å². The second-order valence-electron chi connectivity index (χ2n) is 6.79. The van der Waals surface area contributed by atoms with Crippen molar-refractivity contribution in [2.75, 3.05) is 0 Å². The number of hydrogen-bond acceptors (Lipinski definition) is 2. The Kier molecular flexibility index (Phi) is 6.18. The van der Waals surface area contributed by atoms with E-state index in [0.29, 0.717) is 0 Å². The lowest BCUT2D eigenvalue weighted by molar-refractivity contribution is 0.0696. The molecule has 2 saturated carbocycles. The van der Waals surface area contributed by atoms with Crippen LogP contribution in [0, 0.1) is 18.8 Å². The van der Waals surface area contributed by atoms with Crippen molar-refractivity contribution in [3.63, 3.8) is 0 Å². The van der Waals surface area contributed by atoms with Crippen molar-refractivity contribution in [3.05, 3.63) is 47.0 Å². The predicted octanol–water partition coefficient (Wildman–Crippen LogP) is 4.92. The summed E-state index contributed by atoms with van der Waals surface area (Å²) in [7, 11) is 0. The number of fused-ring (bicyclic) bond motifs is 1. The minimum absolute atomic E-state index is 0.0277. The SMILES string of the molecule is C=C1CCCC2CCCCC12.Cc1c(C(=O)O)cccc1C(=O)O. The zero-order valence-electron chi connectivity index (χ0n) is 14.3. The maximum Gasteiger partial charge on any atom is 0.335 e. The molecule has 0 amide bonds. The zero-order valence-corrected chi connectivity index (χ0v) is 14.3. The average Bonchev–Trinajstić information content (AvgIpc) is 2.55. The first-order chi connectivity index (χ1) is 11.4. The van der Waals surface area contributed by atoms with E-state index in [1.807, 2.05) is 0 Å². The van der Waals surface area contributed by atoms with E-state index in [0.717, 1.165) is 11.8 Å². The summed E-state index contributed by atoms with van der Waals surface area (Å²) < 4.78 is 0. The van der Waals surface area contributed by atoms with Crippen molar-refractivity contribution >= 4 is 11.9 Å². The fraction of sp³-hybridized carbons (Fsp3) is 0.500. The summed E-state index contributed by atoms with van der Waals surface area (Å²) in [5.74, 6) is -0.260. The highest BCUT2D eigenvalue weighted by Crippen LogP contribution is 2.42. The van der Waals surface area contributed by atoms with Crippen LogP contribution in [0.25, 0.3) is 0 Å². The van der Waals surface area contributed by atoms with E-state index in [1.165, 1.54) is 70.1 Å². The van der Waals surface area contributed by atoms with Gasteiger partial charge in [0.25, 0.3) is 0 Å². The molecule has 3 rings (SSSR count). The molecule has 2 N–H and O–H groups in total.